The van der Waals surface area contributed by atoms with Gasteiger partial charge in [0.25, 0.3) is 11.7 Å². The molecule has 0 bridgehead atoms. The van der Waals surface area contributed by atoms with Gasteiger partial charge in [-0.05, 0) is 55.5 Å². The zero-order chi connectivity index (χ0) is 24.1. The highest BCUT2D eigenvalue weighted by atomic mass is 16.5. The van der Waals surface area contributed by atoms with Gasteiger partial charge in [-0.25, -0.2) is 0 Å². The van der Waals surface area contributed by atoms with E-state index in [9.17, 15) is 14.7 Å². The largest absolute Gasteiger partial charge is 0.507 e. The molecule has 0 aromatic heterocycles. The molecule has 33 heavy (non-hydrogen) atoms. The van der Waals surface area contributed by atoms with E-state index in [1.54, 1.807) is 25.3 Å². The molecule has 2 aromatic rings. The molecule has 1 aliphatic rings. The smallest absolute Gasteiger partial charge is 0.295 e. The minimum Gasteiger partial charge on any atom is -0.507 e. The number of ketones is 1. The average molecular weight is 452 g/mol. The quantitative estimate of drug-likeness (QED) is 0.257. The Kier molecular flexibility index (Phi) is 7.92. The second-order valence-electron chi connectivity index (χ2n) is 8.93. The number of likely N-dealkylation sites (tertiary alicyclic amines) is 1. The van der Waals surface area contributed by atoms with Gasteiger partial charge >= 0.3 is 0 Å². The molecule has 1 saturated heterocycles. The van der Waals surface area contributed by atoms with Crippen molar-refractivity contribution in [3.05, 3.63) is 70.3 Å². The Morgan fingerprint density at radius 2 is 1.79 bits per heavy atom. The Morgan fingerprint density at radius 1 is 1.09 bits per heavy atom. The molecule has 1 heterocycles. The predicted molar refractivity (Wildman–Crippen MR) is 128 cm³/mol. The van der Waals surface area contributed by atoms with E-state index in [1.165, 1.54) is 4.90 Å². The maximum atomic E-state index is 13.1. The maximum Gasteiger partial charge on any atom is 0.295 e. The van der Waals surface area contributed by atoms with Gasteiger partial charge in [0, 0.05) is 25.8 Å². The zero-order valence-corrected chi connectivity index (χ0v) is 20.1. The molecule has 1 N–H and O–H groups in total. The number of carbonyl (C=O) groups excluding carboxylic acids is 2. The molecule has 0 spiro atoms. The van der Waals surface area contributed by atoms with Crippen molar-refractivity contribution in [2.75, 3.05) is 26.9 Å². The minimum absolute atomic E-state index is 0.108. The molecule has 3 rings (SSSR count). The normalized spacial score (nSPS) is 17.8. The highest BCUT2D eigenvalue weighted by Gasteiger charge is 2.45. The summed E-state index contributed by atoms with van der Waals surface area (Å²) in [5.41, 5.74) is 3.30. The molecule has 1 aliphatic heterocycles. The third kappa shape index (κ3) is 5.45. The van der Waals surface area contributed by atoms with Gasteiger partial charge in [-0.2, -0.15) is 0 Å². The monoisotopic (exact) mass is 451 g/mol. The van der Waals surface area contributed by atoms with Crippen LogP contribution < -0.4 is 4.74 Å². The number of methoxy groups -OCH3 is 1. The van der Waals surface area contributed by atoms with Crippen LogP contribution in [0.3, 0.4) is 0 Å². The van der Waals surface area contributed by atoms with Crippen molar-refractivity contribution in [1.82, 2.24) is 4.90 Å². The van der Waals surface area contributed by atoms with Crippen LogP contribution in [-0.4, -0.2) is 48.6 Å². The first-order valence-corrected chi connectivity index (χ1v) is 11.3. The fourth-order valence-electron chi connectivity index (χ4n) is 3.96. The Morgan fingerprint density at radius 3 is 2.39 bits per heavy atom. The van der Waals surface area contributed by atoms with Crippen molar-refractivity contribution < 1.29 is 24.2 Å². The van der Waals surface area contributed by atoms with Gasteiger partial charge < -0.3 is 19.5 Å². The van der Waals surface area contributed by atoms with Gasteiger partial charge in [0.2, 0.25) is 0 Å². The summed E-state index contributed by atoms with van der Waals surface area (Å²) in [6.45, 7) is 9.44. The van der Waals surface area contributed by atoms with Crippen molar-refractivity contribution in [2.24, 2.45) is 5.92 Å². The second-order valence-corrected chi connectivity index (χ2v) is 8.93. The van der Waals surface area contributed by atoms with Crippen LogP contribution in [0.15, 0.2) is 48.0 Å². The molecular weight excluding hydrogens is 418 g/mol. The molecule has 176 valence electrons. The van der Waals surface area contributed by atoms with E-state index in [0.717, 1.165) is 22.4 Å². The fourth-order valence-corrected chi connectivity index (χ4v) is 3.96. The van der Waals surface area contributed by atoms with E-state index in [-0.39, 0.29) is 11.3 Å². The zero-order valence-electron chi connectivity index (χ0n) is 20.1. The van der Waals surface area contributed by atoms with Crippen molar-refractivity contribution >= 4 is 17.4 Å². The number of amides is 1. The molecule has 0 radical (unpaired) electrons. The van der Waals surface area contributed by atoms with Crippen LogP contribution in [0, 0.1) is 19.8 Å². The third-order valence-corrected chi connectivity index (χ3v) is 5.70. The van der Waals surface area contributed by atoms with E-state index >= 15 is 0 Å². The summed E-state index contributed by atoms with van der Waals surface area (Å²) in [4.78, 5) is 27.5. The van der Waals surface area contributed by atoms with Crippen LogP contribution in [0.4, 0.5) is 0 Å². The number of nitrogens with zero attached hydrogens (tertiary/aromatic N) is 1. The molecule has 6 heteroatoms. The van der Waals surface area contributed by atoms with Crippen molar-refractivity contribution in [1.29, 1.82) is 0 Å². The fraction of sp³-hybridized carbons (Fsp3) is 0.407. The number of aliphatic hydroxyl groups is 1. The summed E-state index contributed by atoms with van der Waals surface area (Å²) >= 11 is 0. The highest BCUT2D eigenvalue weighted by Crippen LogP contribution is 2.40. The standard InChI is InChI=1S/C27H33NO5/c1-17(2)16-33-22-12-11-21(15-19(22)4)25(29)23-24(20-9-7-18(3)8-10-20)28(13-6-14-32-5)27(31)26(23)30/h7-12,15,17,24,29H,6,13-14,16H2,1-5H3/t24-/m1/s1. The van der Waals surface area contributed by atoms with Gasteiger partial charge in [-0.3, -0.25) is 9.59 Å². The SMILES string of the molecule is COCCCN1C(=O)C(=O)C(=C(O)c2ccc(OCC(C)C)c(C)c2)[C@H]1c1ccc(C)cc1. The summed E-state index contributed by atoms with van der Waals surface area (Å²) in [7, 11) is 1.60. The lowest BCUT2D eigenvalue weighted by Gasteiger charge is -2.25. The van der Waals surface area contributed by atoms with Crippen LogP contribution in [0.5, 0.6) is 5.75 Å². The number of hydrogen-bond donors (Lipinski definition) is 1. The van der Waals surface area contributed by atoms with E-state index < -0.39 is 17.7 Å². The number of Topliss-reactive ketones (excluding diaryl/α,β-unsaturated/α-hetero) is 1. The van der Waals surface area contributed by atoms with Crippen LogP contribution in [0.25, 0.3) is 5.76 Å². The van der Waals surface area contributed by atoms with E-state index in [1.807, 2.05) is 38.1 Å². The van der Waals surface area contributed by atoms with Gasteiger partial charge in [0.15, 0.2) is 0 Å². The molecule has 0 saturated carbocycles. The first kappa shape index (κ1) is 24.5. The number of hydrogen-bond acceptors (Lipinski definition) is 5. The van der Waals surface area contributed by atoms with Gasteiger partial charge in [0.05, 0.1) is 18.2 Å². The van der Waals surface area contributed by atoms with Gasteiger partial charge in [-0.1, -0.05) is 43.7 Å². The Balaban J connectivity index is 2.04. The molecule has 1 atom stereocenters. The van der Waals surface area contributed by atoms with Gasteiger partial charge in [-0.15, -0.1) is 0 Å². The lowest BCUT2D eigenvalue weighted by molar-refractivity contribution is -0.140. The third-order valence-electron chi connectivity index (χ3n) is 5.70. The molecular formula is C27H33NO5. The van der Waals surface area contributed by atoms with Gasteiger partial charge in [0.1, 0.15) is 11.5 Å². The van der Waals surface area contributed by atoms with E-state index in [4.69, 9.17) is 9.47 Å². The lowest BCUT2D eigenvalue weighted by atomic mass is 9.94. The second kappa shape index (κ2) is 10.7. The van der Waals surface area contributed by atoms with E-state index in [0.29, 0.717) is 37.7 Å². The molecule has 2 aromatic carbocycles. The average Bonchev–Trinajstić information content (AvgIpc) is 3.03. The molecule has 6 nitrogen and oxygen atoms in total. The first-order valence-electron chi connectivity index (χ1n) is 11.3. The topological polar surface area (TPSA) is 76.1 Å². The summed E-state index contributed by atoms with van der Waals surface area (Å²) in [5.74, 6) is -0.330. The molecule has 0 aliphatic carbocycles. The Labute approximate surface area is 195 Å². The number of rotatable bonds is 9. The molecule has 0 unspecified atom stereocenters. The number of aryl methyl sites for hydroxylation is 2. The molecule has 1 amide bonds. The summed E-state index contributed by atoms with van der Waals surface area (Å²) < 4.78 is 11.0. The number of benzene rings is 2. The maximum absolute atomic E-state index is 13.1. The number of aliphatic hydroxyl groups excluding tert-OH is 1. The van der Waals surface area contributed by atoms with Crippen LogP contribution in [-0.2, 0) is 14.3 Å². The van der Waals surface area contributed by atoms with E-state index in [2.05, 4.69) is 13.8 Å². The van der Waals surface area contributed by atoms with Crippen LogP contribution in [0.2, 0.25) is 0 Å². The summed E-state index contributed by atoms with van der Waals surface area (Å²) in [6, 6.07) is 12.3. The highest BCUT2D eigenvalue weighted by molar-refractivity contribution is 6.46. The van der Waals surface area contributed by atoms with Crippen molar-refractivity contribution in [2.45, 2.75) is 40.2 Å². The van der Waals surface area contributed by atoms with Crippen molar-refractivity contribution in [3.63, 3.8) is 0 Å². The Bertz CT molecular complexity index is 1040. The predicted octanol–water partition coefficient (Wildman–Crippen LogP) is 4.80. The minimum atomic E-state index is -0.673. The Hall–Kier alpha value is -3.12. The lowest BCUT2D eigenvalue weighted by Crippen LogP contribution is -2.31. The summed E-state index contributed by atoms with van der Waals surface area (Å²) in [5, 5.41) is 11.2. The molecule has 1 fully saturated rings. The van der Waals surface area contributed by atoms with Crippen molar-refractivity contribution in [3.8, 4) is 5.75 Å². The van der Waals surface area contributed by atoms with Crippen LogP contribution in [0.1, 0.15) is 48.6 Å². The first-order chi connectivity index (χ1) is 15.7. The summed E-state index contributed by atoms with van der Waals surface area (Å²) in [6.07, 6.45) is 0.590. The number of ether oxygens (including phenoxy) is 2. The van der Waals surface area contributed by atoms with Crippen LogP contribution >= 0.6 is 0 Å². The number of carbonyl (C=O) groups is 2.